The summed E-state index contributed by atoms with van der Waals surface area (Å²) in [7, 11) is 1.59. The number of carbonyl (C=O) groups is 1. The second kappa shape index (κ2) is 11.3. The van der Waals surface area contributed by atoms with Crippen molar-refractivity contribution in [3.63, 3.8) is 0 Å². The number of benzene rings is 2. The Kier molecular flexibility index (Phi) is 7.98. The van der Waals surface area contributed by atoms with E-state index in [1.54, 1.807) is 48.7 Å². The number of thiazole rings is 1. The lowest BCUT2D eigenvalue weighted by Gasteiger charge is -2.20. The van der Waals surface area contributed by atoms with E-state index in [-0.39, 0.29) is 5.91 Å². The molecule has 34 heavy (non-hydrogen) atoms. The normalized spacial score (nSPS) is 10.9. The first-order valence-electron chi connectivity index (χ1n) is 11.2. The molecule has 0 atom stereocenters. The SMILES string of the molecule is CCCCCOc1ccc(C(=O)N(Cc2cccnc2)c2nc3c(OC)ccc(Cl)c3s2)cc1. The zero-order valence-corrected chi connectivity index (χ0v) is 20.7. The third-order valence-electron chi connectivity index (χ3n) is 5.32. The number of unbranched alkanes of at least 4 members (excludes halogenated alkanes) is 2. The fraction of sp³-hybridized carbons (Fsp3) is 0.269. The Morgan fingerprint density at radius 1 is 1.12 bits per heavy atom. The second-order valence-electron chi connectivity index (χ2n) is 7.76. The summed E-state index contributed by atoms with van der Waals surface area (Å²) in [4.78, 5) is 24.2. The minimum atomic E-state index is -0.171. The van der Waals surface area contributed by atoms with Crippen LogP contribution in [0.25, 0.3) is 10.2 Å². The summed E-state index contributed by atoms with van der Waals surface area (Å²) in [6, 6.07) is 14.6. The summed E-state index contributed by atoms with van der Waals surface area (Å²) in [5.74, 6) is 1.19. The van der Waals surface area contributed by atoms with Gasteiger partial charge in [-0.05, 0) is 54.4 Å². The molecule has 2 heterocycles. The molecule has 0 saturated carbocycles. The Hall–Kier alpha value is -3.16. The number of methoxy groups -OCH3 is 1. The number of anilines is 1. The quantitative estimate of drug-likeness (QED) is 0.227. The van der Waals surface area contributed by atoms with E-state index in [0.29, 0.717) is 40.1 Å². The van der Waals surface area contributed by atoms with E-state index in [9.17, 15) is 4.79 Å². The number of amides is 1. The first kappa shape index (κ1) is 24.0. The molecule has 2 aromatic carbocycles. The molecule has 6 nitrogen and oxygen atoms in total. The maximum atomic E-state index is 13.6. The molecule has 0 spiro atoms. The second-order valence-corrected chi connectivity index (χ2v) is 9.14. The van der Waals surface area contributed by atoms with Gasteiger partial charge >= 0.3 is 0 Å². The van der Waals surface area contributed by atoms with Crippen molar-refractivity contribution in [1.82, 2.24) is 9.97 Å². The zero-order valence-electron chi connectivity index (χ0n) is 19.2. The fourth-order valence-corrected chi connectivity index (χ4v) is 4.77. The third-order valence-corrected chi connectivity index (χ3v) is 6.86. The summed E-state index contributed by atoms with van der Waals surface area (Å²) in [6.07, 6.45) is 6.74. The molecule has 0 bridgehead atoms. The topological polar surface area (TPSA) is 64.5 Å². The highest BCUT2D eigenvalue weighted by Crippen LogP contribution is 2.39. The van der Waals surface area contributed by atoms with Gasteiger partial charge in [0.1, 0.15) is 17.0 Å². The van der Waals surface area contributed by atoms with Gasteiger partial charge < -0.3 is 9.47 Å². The van der Waals surface area contributed by atoms with Gasteiger partial charge in [0.15, 0.2) is 5.13 Å². The van der Waals surface area contributed by atoms with E-state index in [4.69, 9.17) is 26.1 Å². The van der Waals surface area contributed by atoms with E-state index in [1.807, 2.05) is 24.3 Å². The van der Waals surface area contributed by atoms with E-state index in [1.165, 1.54) is 11.3 Å². The first-order chi connectivity index (χ1) is 16.6. The molecule has 4 aromatic rings. The summed E-state index contributed by atoms with van der Waals surface area (Å²) < 4.78 is 12.0. The number of halogens is 1. The van der Waals surface area contributed by atoms with Crippen LogP contribution in [-0.4, -0.2) is 29.6 Å². The minimum absolute atomic E-state index is 0.171. The summed E-state index contributed by atoms with van der Waals surface area (Å²) in [6.45, 7) is 3.15. The number of rotatable bonds is 10. The average Bonchev–Trinajstić information content (AvgIpc) is 3.32. The largest absolute Gasteiger partial charge is 0.494 e. The van der Waals surface area contributed by atoms with Crippen LogP contribution in [-0.2, 0) is 6.54 Å². The fourth-order valence-electron chi connectivity index (χ4n) is 3.51. The molecule has 0 aliphatic rings. The van der Waals surface area contributed by atoms with E-state index < -0.39 is 0 Å². The molecule has 0 fully saturated rings. The van der Waals surface area contributed by atoms with Gasteiger partial charge in [-0.2, -0.15) is 0 Å². The van der Waals surface area contributed by atoms with Crippen LogP contribution >= 0.6 is 22.9 Å². The third kappa shape index (κ3) is 5.48. The molecule has 0 N–H and O–H groups in total. The highest BCUT2D eigenvalue weighted by Gasteiger charge is 2.24. The van der Waals surface area contributed by atoms with E-state index in [0.717, 1.165) is 35.3 Å². The number of pyridine rings is 1. The molecule has 0 saturated heterocycles. The van der Waals surface area contributed by atoms with Crippen molar-refractivity contribution in [2.45, 2.75) is 32.7 Å². The Bertz CT molecular complexity index is 1250. The number of fused-ring (bicyclic) bond motifs is 1. The summed E-state index contributed by atoms with van der Waals surface area (Å²) in [5.41, 5.74) is 2.07. The molecule has 0 aliphatic heterocycles. The number of nitrogens with zero attached hydrogens (tertiary/aromatic N) is 3. The Balaban J connectivity index is 1.65. The molecule has 1 amide bonds. The lowest BCUT2D eigenvalue weighted by atomic mass is 10.1. The molecular formula is C26H26ClN3O3S. The van der Waals surface area contributed by atoms with Crippen molar-refractivity contribution >= 4 is 44.2 Å². The number of ether oxygens (including phenoxy) is 2. The first-order valence-corrected chi connectivity index (χ1v) is 12.4. The molecule has 0 unspecified atom stereocenters. The van der Waals surface area contributed by atoms with Crippen LogP contribution in [0, 0.1) is 0 Å². The van der Waals surface area contributed by atoms with Crippen LogP contribution in [0.3, 0.4) is 0 Å². The minimum Gasteiger partial charge on any atom is -0.494 e. The average molecular weight is 496 g/mol. The Morgan fingerprint density at radius 2 is 1.94 bits per heavy atom. The molecule has 4 rings (SSSR count). The van der Waals surface area contributed by atoms with Crippen molar-refractivity contribution < 1.29 is 14.3 Å². The van der Waals surface area contributed by atoms with Crippen molar-refractivity contribution in [3.05, 3.63) is 77.1 Å². The van der Waals surface area contributed by atoms with Crippen LogP contribution < -0.4 is 14.4 Å². The maximum Gasteiger partial charge on any atom is 0.260 e. The molecule has 0 radical (unpaired) electrons. The van der Waals surface area contributed by atoms with E-state index in [2.05, 4.69) is 11.9 Å². The Morgan fingerprint density at radius 3 is 2.65 bits per heavy atom. The van der Waals surface area contributed by atoms with Crippen LogP contribution in [0.15, 0.2) is 60.9 Å². The van der Waals surface area contributed by atoms with Crippen molar-refractivity contribution in [1.29, 1.82) is 0 Å². The highest BCUT2D eigenvalue weighted by molar-refractivity contribution is 7.23. The van der Waals surface area contributed by atoms with Crippen LogP contribution in [0.5, 0.6) is 11.5 Å². The van der Waals surface area contributed by atoms with Gasteiger partial charge in [-0.15, -0.1) is 0 Å². The van der Waals surface area contributed by atoms with Gasteiger partial charge in [0, 0.05) is 18.0 Å². The summed E-state index contributed by atoms with van der Waals surface area (Å²) in [5, 5.41) is 1.10. The van der Waals surface area contributed by atoms with E-state index >= 15 is 0 Å². The zero-order chi connectivity index (χ0) is 23.9. The standard InChI is InChI=1S/C26H26ClN3O3S/c1-3-4-5-15-33-20-10-8-19(9-11-20)25(31)30(17-18-7-6-14-28-16-18)26-29-23-22(32-2)13-12-21(27)24(23)34-26/h6-14,16H,3-5,15,17H2,1-2H3. The molecule has 0 aliphatic carbocycles. The van der Waals surface area contributed by atoms with Crippen molar-refractivity contribution in [2.75, 3.05) is 18.6 Å². The number of hydrogen-bond acceptors (Lipinski definition) is 6. The number of aromatic nitrogens is 2. The molecule has 8 heteroatoms. The van der Waals surface area contributed by atoms with Gasteiger partial charge in [-0.1, -0.05) is 48.8 Å². The predicted molar refractivity (Wildman–Crippen MR) is 137 cm³/mol. The molecule has 2 aromatic heterocycles. The molecule has 176 valence electrons. The smallest absolute Gasteiger partial charge is 0.260 e. The lowest BCUT2D eigenvalue weighted by Crippen LogP contribution is -2.30. The van der Waals surface area contributed by atoms with Crippen molar-refractivity contribution in [2.24, 2.45) is 0 Å². The van der Waals surface area contributed by atoms with Gasteiger partial charge in [0.05, 0.1) is 30.0 Å². The highest BCUT2D eigenvalue weighted by atomic mass is 35.5. The molecular weight excluding hydrogens is 470 g/mol. The van der Waals surface area contributed by atoms with Gasteiger partial charge in [-0.25, -0.2) is 4.98 Å². The maximum absolute atomic E-state index is 13.6. The van der Waals surface area contributed by atoms with Gasteiger partial charge in [0.2, 0.25) is 0 Å². The van der Waals surface area contributed by atoms with Crippen LogP contribution in [0.1, 0.15) is 42.1 Å². The van der Waals surface area contributed by atoms with Gasteiger partial charge in [-0.3, -0.25) is 14.7 Å². The van der Waals surface area contributed by atoms with Crippen LogP contribution in [0.2, 0.25) is 5.02 Å². The van der Waals surface area contributed by atoms with Crippen LogP contribution in [0.4, 0.5) is 5.13 Å². The summed E-state index contributed by atoms with van der Waals surface area (Å²) >= 11 is 7.79. The van der Waals surface area contributed by atoms with Crippen molar-refractivity contribution in [3.8, 4) is 11.5 Å². The number of hydrogen-bond donors (Lipinski definition) is 0. The Labute approximate surface area is 208 Å². The number of carbonyl (C=O) groups excluding carboxylic acids is 1. The lowest BCUT2D eigenvalue weighted by molar-refractivity contribution is 0.0985. The predicted octanol–water partition coefficient (Wildman–Crippen LogP) is 6.77. The monoisotopic (exact) mass is 495 g/mol. The van der Waals surface area contributed by atoms with Gasteiger partial charge in [0.25, 0.3) is 5.91 Å².